The summed E-state index contributed by atoms with van der Waals surface area (Å²) in [4.78, 5) is 54.3. The van der Waals surface area contributed by atoms with E-state index >= 15 is 0 Å². The highest BCUT2D eigenvalue weighted by atomic mass is 19.4. The SMILES string of the molecule is C[C@@H](OC[C@@]1(c2ccccc2)CCC(C(=O)O)CN1C(=O)OCc1ccccc1)c1cc(C(F)(F)F)cc(C(F)(F)F)c1.C[C@@H](OC[C@@]1(c2ccccc2)CCC(n2nn[nH]c2=O)CN1C(=O)OCc1ccccc1)c1cc(C(F)(F)F)cc(C(F)(F)F)c1. The molecule has 6 atom stereocenters. The van der Waals surface area contributed by atoms with E-state index < -0.39 is 106 Å². The molecule has 2 aliphatic heterocycles. The van der Waals surface area contributed by atoms with Crippen LogP contribution in [0.2, 0.25) is 0 Å². The lowest BCUT2D eigenvalue weighted by Crippen LogP contribution is -2.58. The fourth-order valence-corrected chi connectivity index (χ4v) is 10.7. The van der Waals surface area contributed by atoms with Crippen molar-refractivity contribution in [3.8, 4) is 0 Å². The van der Waals surface area contributed by atoms with Crippen LogP contribution in [0.3, 0.4) is 0 Å². The van der Waals surface area contributed by atoms with E-state index in [1.54, 1.807) is 121 Å². The number of likely N-dealkylation sites (tertiary alicyclic amines) is 2. The molecule has 9 rings (SSSR count). The number of aromatic amines is 1. The lowest BCUT2D eigenvalue weighted by atomic mass is 9.78. The molecular formula is C62H58F12N6O9. The number of nitrogens with one attached hydrogen (secondary N) is 1. The number of ether oxygens (including phenoxy) is 4. The first-order chi connectivity index (χ1) is 42.0. The first-order valence-electron chi connectivity index (χ1n) is 27.6. The third kappa shape index (κ3) is 16.1. The predicted octanol–water partition coefficient (Wildman–Crippen LogP) is 14.5. The molecule has 1 aromatic heterocycles. The molecule has 7 aromatic rings. The summed E-state index contributed by atoms with van der Waals surface area (Å²) in [7, 11) is 0. The number of aliphatic carboxylic acids is 1. The zero-order valence-electron chi connectivity index (χ0n) is 47.4. The standard InChI is InChI=1S/C31H29F6N5O4.C31H29F6NO5/c1-20(22-14-24(30(32,33)34)16-25(15-22)31(35,36)37)46-19-29(23-10-6-3-7-11-23)13-12-26(42-27(43)38-39-40-42)17-41(29)28(44)45-18-21-8-4-2-5-9-21;1-20(23-14-25(30(32,33)34)16-26(15-23)31(35,36)37)43-19-29(24-10-6-3-7-11-24)13-12-22(27(39)40)17-38(29)28(41)42-18-21-8-4-2-5-9-21/h2-11,14-16,20,26H,12-13,17-19H2,1H3,(H,38,40,43);2-11,14-16,20,22H,12-13,17-19H2,1H3,(H,39,40)/t20-,26?,29-;20-,22?,29-/m11/s1. The fourth-order valence-electron chi connectivity index (χ4n) is 10.7. The van der Waals surface area contributed by atoms with E-state index in [-0.39, 0.29) is 82.0 Å². The maximum absolute atomic E-state index is 13.9. The molecule has 2 aliphatic rings. The van der Waals surface area contributed by atoms with Crippen LogP contribution in [0.15, 0.2) is 163 Å². The van der Waals surface area contributed by atoms with Crippen molar-refractivity contribution in [2.75, 3.05) is 26.3 Å². The lowest BCUT2D eigenvalue weighted by Gasteiger charge is -2.49. The second-order valence-electron chi connectivity index (χ2n) is 21.4. The van der Waals surface area contributed by atoms with Gasteiger partial charge in [-0.05, 0) is 120 Å². The summed E-state index contributed by atoms with van der Waals surface area (Å²) in [5.41, 5.74) is -7.26. The molecule has 2 N–H and O–H groups in total. The molecule has 89 heavy (non-hydrogen) atoms. The van der Waals surface area contributed by atoms with Crippen LogP contribution in [0.4, 0.5) is 62.3 Å². The molecule has 15 nitrogen and oxygen atoms in total. The van der Waals surface area contributed by atoms with Crippen LogP contribution in [0.25, 0.3) is 0 Å². The Labute approximate surface area is 500 Å². The topological polar surface area (TPSA) is 178 Å². The number of halogens is 12. The number of alkyl halides is 12. The molecule has 3 heterocycles. The Balaban J connectivity index is 0.000000231. The number of carbonyl (C=O) groups is 3. The molecule has 2 saturated heterocycles. The van der Waals surface area contributed by atoms with Gasteiger partial charge in [-0.25, -0.2) is 19.5 Å². The number of hydrogen-bond donors (Lipinski definition) is 2. The summed E-state index contributed by atoms with van der Waals surface area (Å²) in [6, 6.07) is 36.7. The van der Waals surface area contributed by atoms with Gasteiger partial charge in [0.25, 0.3) is 0 Å². The van der Waals surface area contributed by atoms with Gasteiger partial charge in [-0.2, -0.15) is 57.4 Å². The van der Waals surface area contributed by atoms with Gasteiger partial charge in [-0.3, -0.25) is 14.6 Å². The van der Waals surface area contributed by atoms with E-state index in [0.717, 1.165) is 4.68 Å². The van der Waals surface area contributed by atoms with Crippen LogP contribution in [0.1, 0.15) is 113 Å². The normalized spacial score (nSPS) is 19.8. The van der Waals surface area contributed by atoms with Crippen molar-refractivity contribution in [3.63, 3.8) is 0 Å². The highest BCUT2D eigenvalue weighted by molar-refractivity contribution is 5.74. The van der Waals surface area contributed by atoms with E-state index in [1.165, 1.54) is 23.6 Å². The van der Waals surface area contributed by atoms with E-state index in [9.17, 15) is 77.0 Å². The maximum atomic E-state index is 13.9. The number of nitrogens with zero attached hydrogens (tertiary/aromatic N) is 5. The minimum Gasteiger partial charge on any atom is -0.481 e. The third-order valence-corrected chi connectivity index (χ3v) is 15.6. The quantitative estimate of drug-likeness (QED) is 0.0880. The first kappa shape index (κ1) is 66.2. The summed E-state index contributed by atoms with van der Waals surface area (Å²) in [5.74, 6) is -2.06. The molecule has 474 valence electrons. The van der Waals surface area contributed by atoms with Crippen molar-refractivity contribution in [2.45, 2.75) is 107 Å². The number of carboxylic acid groups (broad SMARTS) is 1. The molecule has 0 spiro atoms. The molecule has 27 heteroatoms. The van der Waals surface area contributed by atoms with Crippen LogP contribution in [0, 0.1) is 5.92 Å². The van der Waals surface area contributed by atoms with Crippen molar-refractivity contribution in [1.29, 1.82) is 0 Å². The number of amides is 2. The molecule has 0 aliphatic carbocycles. The van der Waals surface area contributed by atoms with Crippen molar-refractivity contribution in [2.24, 2.45) is 5.92 Å². The molecule has 6 aromatic carbocycles. The van der Waals surface area contributed by atoms with Gasteiger partial charge in [-0.1, -0.05) is 121 Å². The van der Waals surface area contributed by atoms with Gasteiger partial charge >= 0.3 is 48.6 Å². The number of tetrazole rings is 1. The van der Waals surface area contributed by atoms with Crippen molar-refractivity contribution >= 4 is 18.2 Å². The zero-order chi connectivity index (χ0) is 64.5. The summed E-state index contributed by atoms with van der Waals surface area (Å²) >= 11 is 0. The zero-order valence-corrected chi connectivity index (χ0v) is 47.4. The summed E-state index contributed by atoms with van der Waals surface area (Å²) in [5, 5.41) is 19.3. The number of H-pyrrole nitrogens is 1. The average molecular weight is 1260 g/mol. The van der Waals surface area contributed by atoms with E-state index in [4.69, 9.17) is 18.9 Å². The largest absolute Gasteiger partial charge is 0.481 e. The smallest absolute Gasteiger partial charge is 0.416 e. The van der Waals surface area contributed by atoms with Gasteiger partial charge < -0.3 is 24.1 Å². The highest BCUT2D eigenvalue weighted by Crippen LogP contribution is 2.46. The molecule has 2 unspecified atom stereocenters. The van der Waals surface area contributed by atoms with Gasteiger partial charge in [-0.15, -0.1) is 0 Å². The van der Waals surface area contributed by atoms with Crippen LogP contribution in [-0.2, 0) is 72.7 Å². The van der Waals surface area contributed by atoms with Gasteiger partial charge in [0, 0.05) is 13.1 Å². The monoisotopic (exact) mass is 1260 g/mol. The Morgan fingerprint density at radius 1 is 0.551 bits per heavy atom. The lowest BCUT2D eigenvalue weighted by molar-refractivity contribution is -0.147. The number of carboxylic acids is 1. The van der Waals surface area contributed by atoms with Crippen LogP contribution < -0.4 is 5.69 Å². The Morgan fingerprint density at radius 3 is 1.26 bits per heavy atom. The minimum atomic E-state index is -5.03. The van der Waals surface area contributed by atoms with E-state index in [1.807, 2.05) is 0 Å². The number of piperidine rings is 2. The van der Waals surface area contributed by atoms with Crippen molar-refractivity contribution in [1.82, 2.24) is 30.0 Å². The highest BCUT2D eigenvalue weighted by Gasteiger charge is 2.51. The molecule has 0 radical (unpaired) electrons. The number of rotatable bonds is 16. The minimum absolute atomic E-state index is 0.0410. The van der Waals surface area contributed by atoms with Gasteiger partial charge in [0.2, 0.25) is 0 Å². The van der Waals surface area contributed by atoms with Crippen LogP contribution >= 0.6 is 0 Å². The third-order valence-electron chi connectivity index (χ3n) is 15.6. The first-order valence-corrected chi connectivity index (χ1v) is 27.6. The number of carbonyl (C=O) groups excluding carboxylic acids is 2. The van der Waals surface area contributed by atoms with Gasteiger partial charge in [0.05, 0.1) is 70.7 Å². The maximum Gasteiger partial charge on any atom is 0.416 e. The predicted molar refractivity (Wildman–Crippen MR) is 294 cm³/mol. The Bertz CT molecular complexity index is 3510. The van der Waals surface area contributed by atoms with E-state index in [2.05, 4.69) is 15.5 Å². The molecular weight excluding hydrogens is 1200 g/mol. The Hall–Kier alpha value is -8.72. The molecule has 2 amide bonds. The van der Waals surface area contributed by atoms with Crippen LogP contribution in [0.5, 0.6) is 0 Å². The molecule has 2 fully saturated rings. The molecule has 0 saturated carbocycles. The summed E-state index contributed by atoms with van der Waals surface area (Å²) in [6.45, 7) is 1.44. The Kier molecular flexibility index (Phi) is 20.4. The second-order valence-corrected chi connectivity index (χ2v) is 21.4. The van der Waals surface area contributed by atoms with Gasteiger partial charge in [0.15, 0.2) is 0 Å². The second kappa shape index (κ2) is 27.3. The van der Waals surface area contributed by atoms with Crippen molar-refractivity contribution < 1.29 is 91.1 Å². The average Bonchev–Trinajstić information content (AvgIpc) is 1.17. The van der Waals surface area contributed by atoms with E-state index in [0.29, 0.717) is 52.9 Å². The number of benzene rings is 6. The van der Waals surface area contributed by atoms with Gasteiger partial charge in [0.1, 0.15) is 13.2 Å². The molecule has 0 bridgehead atoms. The summed E-state index contributed by atoms with van der Waals surface area (Å²) < 4.78 is 187. The number of aromatic nitrogens is 4. The summed E-state index contributed by atoms with van der Waals surface area (Å²) in [6.07, 6.45) is -23.6. The van der Waals surface area contributed by atoms with Crippen LogP contribution in [-0.4, -0.2) is 79.6 Å². The number of hydrogen-bond acceptors (Lipinski definition) is 10. The fraction of sp³-hybridized carbons (Fsp3) is 0.355. The van der Waals surface area contributed by atoms with Crippen molar-refractivity contribution in [3.05, 3.63) is 224 Å². The Morgan fingerprint density at radius 2 is 0.910 bits per heavy atom.